The van der Waals surface area contributed by atoms with Crippen LogP contribution in [0.3, 0.4) is 0 Å². The Morgan fingerprint density at radius 1 is 1.71 bits per heavy atom. The van der Waals surface area contributed by atoms with Crippen molar-refractivity contribution >= 4 is 29.0 Å². The molecule has 1 atom stereocenters. The zero-order valence-electron chi connectivity index (χ0n) is 11.3. The van der Waals surface area contributed by atoms with E-state index in [0.717, 1.165) is 6.20 Å². The summed E-state index contributed by atoms with van der Waals surface area (Å²) in [5.74, 6) is -0.249. The van der Waals surface area contributed by atoms with E-state index < -0.39 is 11.0 Å². The van der Waals surface area contributed by atoms with E-state index in [9.17, 15) is 14.9 Å². The predicted molar refractivity (Wildman–Crippen MR) is 74.3 cm³/mol. The molecule has 1 aliphatic rings. The zero-order valence-corrected chi connectivity index (χ0v) is 12.0. The molecule has 0 bridgehead atoms. The minimum Gasteiger partial charge on any atom is -0.377 e. The van der Waals surface area contributed by atoms with E-state index in [-0.39, 0.29) is 29.3 Å². The van der Waals surface area contributed by atoms with E-state index in [1.165, 1.54) is 4.90 Å². The minimum atomic E-state index is -0.691. The SMILES string of the molecule is CCNC(=O)C1COCCN1c1nc(Cl)ncc1[N+](=O)[O-]. The second-order valence-electron chi connectivity index (χ2n) is 4.28. The lowest BCUT2D eigenvalue weighted by Gasteiger charge is -2.34. The maximum atomic E-state index is 12.1. The van der Waals surface area contributed by atoms with Crippen LogP contribution in [0.1, 0.15) is 6.92 Å². The second kappa shape index (κ2) is 6.64. The molecular formula is C11H14ClN5O4. The Morgan fingerprint density at radius 2 is 2.48 bits per heavy atom. The highest BCUT2D eigenvalue weighted by Gasteiger charge is 2.34. The van der Waals surface area contributed by atoms with Crippen molar-refractivity contribution in [2.24, 2.45) is 0 Å². The van der Waals surface area contributed by atoms with Gasteiger partial charge in [0, 0.05) is 13.1 Å². The molecule has 1 N–H and O–H groups in total. The Hall–Kier alpha value is -2.00. The van der Waals surface area contributed by atoms with Gasteiger partial charge in [-0.25, -0.2) is 4.98 Å². The van der Waals surface area contributed by atoms with Crippen molar-refractivity contribution in [1.29, 1.82) is 0 Å². The summed E-state index contributed by atoms with van der Waals surface area (Å²) < 4.78 is 5.28. The summed E-state index contributed by atoms with van der Waals surface area (Å²) in [7, 11) is 0. The van der Waals surface area contributed by atoms with E-state index >= 15 is 0 Å². The quantitative estimate of drug-likeness (QED) is 0.485. The van der Waals surface area contributed by atoms with Gasteiger partial charge in [-0.1, -0.05) is 0 Å². The number of nitrogens with zero attached hydrogens (tertiary/aromatic N) is 4. The molecule has 2 heterocycles. The van der Waals surface area contributed by atoms with Crippen molar-refractivity contribution in [1.82, 2.24) is 15.3 Å². The number of carbonyl (C=O) groups is 1. The average Bonchev–Trinajstić information content (AvgIpc) is 2.47. The number of aromatic nitrogens is 2. The molecule has 0 saturated carbocycles. The summed E-state index contributed by atoms with van der Waals surface area (Å²) in [6.45, 7) is 3.01. The number of halogens is 1. The Kier molecular flexibility index (Phi) is 4.86. The van der Waals surface area contributed by atoms with Crippen LogP contribution in [0.25, 0.3) is 0 Å². The molecular weight excluding hydrogens is 302 g/mol. The van der Waals surface area contributed by atoms with Crippen LogP contribution in [0.4, 0.5) is 11.5 Å². The highest BCUT2D eigenvalue weighted by molar-refractivity contribution is 6.28. The number of amides is 1. The van der Waals surface area contributed by atoms with Crippen LogP contribution in [0, 0.1) is 10.1 Å². The van der Waals surface area contributed by atoms with E-state index in [4.69, 9.17) is 16.3 Å². The summed E-state index contributed by atoms with van der Waals surface area (Å²) in [5.41, 5.74) is -0.296. The van der Waals surface area contributed by atoms with Gasteiger partial charge in [0.25, 0.3) is 0 Å². The first-order valence-corrected chi connectivity index (χ1v) is 6.71. The van der Waals surface area contributed by atoms with E-state index in [0.29, 0.717) is 19.7 Å². The van der Waals surface area contributed by atoms with E-state index in [1.807, 2.05) is 0 Å². The molecule has 1 aliphatic heterocycles. The molecule has 21 heavy (non-hydrogen) atoms. The first kappa shape index (κ1) is 15.4. The third kappa shape index (κ3) is 3.37. The van der Waals surface area contributed by atoms with Crippen molar-refractivity contribution < 1.29 is 14.5 Å². The molecule has 9 nitrogen and oxygen atoms in total. The van der Waals surface area contributed by atoms with Gasteiger partial charge in [0.15, 0.2) is 0 Å². The Balaban J connectivity index is 2.39. The van der Waals surface area contributed by atoms with Crippen LogP contribution in [0.5, 0.6) is 0 Å². The number of hydrogen-bond acceptors (Lipinski definition) is 7. The van der Waals surface area contributed by atoms with Crippen LogP contribution in [0.2, 0.25) is 5.28 Å². The van der Waals surface area contributed by atoms with Gasteiger partial charge < -0.3 is 15.0 Å². The molecule has 1 saturated heterocycles. The Labute approximate surface area is 125 Å². The third-order valence-corrected chi connectivity index (χ3v) is 3.15. The fourth-order valence-electron chi connectivity index (χ4n) is 2.05. The number of carbonyl (C=O) groups excluding carboxylic acids is 1. The van der Waals surface area contributed by atoms with Crippen LogP contribution in [0.15, 0.2) is 6.20 Å². The van der Waals surface area contributed by atoms with Gasteiger partial charge in [0.05, 0.1) is 18.1 Å². The first-order valence-electron chi connectivity index (χ1n) is 6.33. The van der Waals surface area contributed by atoms with Crippen LogP contribution in [-0.2, 0) is 9.53 Å². The summed E-state index contributed by atoms with van der Waals surface area (Å²) in [5, 5.41) is 13.7. The largest absolute Gasteiger partial charge is 0.377 e. The molecule has 2 rings (SSSR count). The number of nitrogens with one attached hydrogen (secondary N) is 1. The third-order valence-electron chi connectivity index (χ3n) is 2.97. The monoisotopic (exact) mass is 315 g/mol. The number of ether oxygens (including phenoxy) is 1. The molecule has 10 heteroatoms. The molecule has 0 spiro atoms. The van der Waals surface area contributed by atoms with E-state index in [2.05, 4.69) is 15.3 Å². The van der Waals surface area contributed by atoms with Crippen molar-refractivity contribution in [3.63, 3.8) is 0 Å². The average molecular weight is 316 g/mol. The lowest BCUT2D eigenvalue weighted by Crippen LogP contribution is -2.54. The molecule has 0 aliphatic carbocycles. The van der Waals surface area contributed by atoms with Crippen LogP contribution < -0.4 is 10.2 Å². The van der Waals surface area contributed by atoms with Gasteiger partial charge in [-0.3, -0.25) is 14.9 Å². The number of likely N-dealkylation sites (N-methyl/N-ethyl adjacent to an activating group) is 1. The summed E-state index contributed by atoms with van der Waals surface area (Å²) in [6, 6.07) is -0.691. The molecule has 0 aromatic carbocycles. The van der Waals surface area contributed by atoms with Gasteiger partial charge in [-0.15, -0.1) is 0 Å². The lowest BCUT2D eigenvalue weighted by atomic mass is 10.2. The highest BCUT2D eigenvalue weighted by atomic mass is 35.5. The van der Waals surface area contributed by atoms with Crippen LogP contribution >= 0.6 is 11.6 Å². The van der Waals surface area contributed by atoms with Gasteiger partial charge in [0.1, 0.15) is 12.2 Å². The van der Waals surface area contributed by atoms with Gasteiger partial charge in [-0.2, -0.15) is 4.98 Å². The summed E-state index contributed by atoms with van der Waals surface area (Å²) in [6.07, 6.45) is 1.04. The second-order valence-corrected chi connectivity index (χ2v) is 4.62. The normalized spacial score (nSPS) is 18.4. The van der Waals surface area contributed by atoms with Crippen LogP contribution in [-0.4, -0.2) is 53.1 Å². The predicted octanol–water partition coefficient (Wildman–Crippen LogP) is 0.379. The number of morpholine rings is 1. The standard InChI is InChI=1S/C11H14ClN5O4/c1-2-13-10(18)8-6-21-4-3-16(8)9-7(17(19)20)5-14-11(12)15-9/h5,8H,2-4,6H2,1H3,(H,13,18). The Bertz CT molecular complexity index is 555. The van der Waals surface area contributed by atoms with Crippen molar-refractivity contribution in [2.45, 2.75) is 13.0 Å². The fourth-order valence-corrected chi connectivity index (χ4v) is 2.18. The van der Waals surface area contributed by atoms with Gasteiger partial charge in [-0.05, 0) is 18.5 Å². The molecule has 1 aromatic heterocycles. The molecule has 1 amide bonds. The van der Waals surface area contributed by atoms with Gasteiger partial charge >= 0.3 is 5.69 Å². The minimum absolute atomic E-state index is 0.0274. The maximum Gasteiger partial charge on any atom is 0.329 e. The molecule has 0 radical (unpaired) electrons. The highest BCUT2D eigenvalue weighted by Crippen LogP contribution is 2.28. The molecule has 1 fully saturated rings. The van der Waals surface area contributed by atoms with Gasteiger partial charge in [0.2, 0.25) is 17.0 Å². The summed E-state index contributed by atoms with van der Waals surface area (Å²) >= 11 is 5.73. The smallest absolute Gasteiger partial charge is 0.329 e. The Morgan fingerprint density at radius 3 is 3.14 bits per heavy atom. The van der Waals surface area contributed by atoms with E-state index in [1.54, 1.807) is 6.92 Å². The number of rotatable bonds is 4. The topological polar surface area (TPSA) is 110 Å². The fraction of sp³-hybridized carbons (Fsp3) is 0.545. The molecule has 114 valence electrons. The number of anilines is 1. The number of nitro groups is 1. The lowest BCUT2D eigenvalue weighted by molar-refractivity contribution is -0.384. The molecule has 1 aromatic rings. The molecule has 1 unspecified atom stereocenters. The van der Waals surface area contributed by atoms with Crippen molar-refractivity contribution in [2.75, 3.05) is 31.2 Å². The first-order chi connectivity index (χ1) is 10.0. The number of hydrogen-bond donors (Lipinski definition) is 1. The van der Waals surface area contributed by atoms with Crippen molar-refractivity contribution in [3.8, 4) is 0 Å². The zero-order chi connectivity index (χ0) is 15.4. The summed E-state index contributed by atoms with van der Waals surface area (Å²) in [4.78, 5) is 31.6. The van der Waals surface area contributed by atoms with Crippen molar-refractivity contribution in [3.05, 3.63) is 21.6 Å². The maximum absolute atomic E-state index is 12.1.